The Kier molecular flexibility index (Phi) is 11.8. The molecule has 264 valence electrons. The van der Waals surface area contributed by atoms with E-state index in [2.05, 4.69) is 25.8 Å². The predicted octanol–water partition coefficient (Wildman–Crippen LogP) is 5.16. The number of piperidine rings is 1. The van der Waals surface area contributed by atoms with Crippen LogP contribution in [0.5, 0.6) is 5.75 Å². The molecule has 6 N–H and O–H groups in total. The molecule has 3 aromatic carbocycles. The number of H-pyrrole nitrogens is 1. The quantitative estimate of drug-likeness (QED) is 0.120. The van der Waals surface area contributed by atoms with Crippen molar-refractivity contribution in [1.82, 2.24) is 20.5 Å². The molecule has 1 unspecified atom stereocenters. The number of ether oxygens (including phenoxy) is 1. The number of carbonyl (C=O) groups is 2. The number of pyridine rings is 1. The molecule has 4 aromatic rings. The first-order valence-electron chi connectivity index (χ1n) is 17.7. The standard InChI is InChI=1S/C39H47N5O6/c45-34-16-14-31(32-15-17-36(47)43-37(32)34)35(46)25-40-24-26-10-12-28(13-11-26)38(48)41-20-23-44-21-18-29(19-22-44)50-39(49)42-33-9-5-4-8-30(33)27-6-2-1-3-7-27/h1-9,14-17,26,28-29,35,40,45-46H,10-13,18-25H2,(H,41,48)(H,42,49)(H,43,47). The van der Waals surface area contributed by atoms with Crippen LogP contribution < -0.4 is 21.5 Å². The number of nitrogens with one attached hydrogen (secondary N) is 4. The fourth-order valence-electron chi connectivity index (χ4n) is 7.20. The zero-order chi connectivity index (χ0) is 34.9. The molecular weight excluding hydrogens is 634 g/mol. The van der Waals surface area contributed by atoms with Gasteiger partial charge in [-0.05, 0) is 80.3 Å². The molecule has 1 saturated heterocycles. The minimum absolute atomic E-state index is 0.0204. The number of phenols is 1. The van der Waals surface area contributed by atoms with Gasteiger partial charge in [-0.2, -0.15) is 0 Å². The Morgan fingerprint density at radius 2 is 1.64 bits per heavy atom. The first-order valence-corrected chi connectivity index (χ1v) is 17.7. The number of aromatic nitrogens is 1. The maximum atomic E-state index is 12.9. The molecular formula is C39H47N5O6. The van der Waals surface area contributed by atoms with Crippen molar-refractivity contribution < 1.29 is 24.5 Å². The van der Waals surface area contributed by atoms with Crippen molar-refractivity contribution in [3.8, 4) is 16.9 Å². The number of para-hydroxylation sites is 1. The van der Waals surface area contributed by atoms with Crippen LogP contribution in [0.15, 0.2) is 83.7 Å². The van der Waals surface area contributed by atoms with Crippen molar-refractivity contribution in [3.05, 3.63) is 94.8 Å². The third-order valence-electron chi connectivity index (χ3n) is 10.0. The van der Waals surface area contributed by atoms with E-state index in [-0.39, 0.29) is 29.2 Å². The second kappa shape index (κ2) is 16.8. The van der Waals surface area contributed by atoms with Crippen LogP contribution in [0.1, 0.15) is 50.2 Å². The maximum Gasteiger partial charge on any atom is 0.411 e. The number of hydrogen-bond acceptors (Lipinski definition) is 8. The number of rotatable bonds is 12. The van der Waals surface area contributed by atoms with Gasteiger partial charge in [0, 0.05) is 55.7 Å². The Labute approximate surface area is 292 Å². The smallest absolute Gasteiger partial charge is 0.411 e. The average molecular weight is 682 g/mol. The number of aliphatic hydroxyl groups is 1. The molecule has 0 spiro atoms. The van der Waals surface area contributed by atoms with E-state index >= 15 is 0 Å². The molecule has 2 heterocycles. The number of aromatic amines is 1. The molecule has 1 aliphatic heterocycles. The number of aromatic hydroxyl groups is 1. The van der Waals surface area contributed by atoms with Crippen LogP contribution in [0, 0.1) is 11.8 Å². The molecule has 1 aliphatic carbocycles. The Balaban J connectivity index is 0.844. The molecule has 11 heteroatoms. The summed E-state index contributed by atoms with van der Waals surface area (Å²) >= 11 is 0. The fraction of sp³-hybridized carbons (Fsp3) is 0.410. The van der Waals surface area contributed by atoms with Gasteiger partial charge < -0.3 is 35.5 Å². The van der Waals surface area contributed by atoms with Gasteiger partial charge in [0.1, 0.15) is 11.9 Å². The lowest BCUT2D eigenvalue weighted by Crippen LogP contribution is -2.43. The molecule has 11 nitrogen and oxygen atoms in total. The third kappa shape index (κ3) is 9.09. The van der Waals surface area contributed by atoms with Crippen molar-refractivity contribution >= 4 is 28.6 Å². The van der Waals surface area contributed by atoms with Crippen molar-refractivity contribution in [2.45, 2.75) is 50.7 Å². The summed E-state index contributed by atoms with van der Waals surface area (Å²) in [5.41, 5.74) is 3.35. The Hall–Kier alpha value is -4.71. The van der Waals surface area contributed by atoms with Crippen LogP contribution in [0.3, 0.4) is 0 Å². The first-order chi connectivity index (χ1) is 24.3. The number of anilines is 1. The summed E-state index contributed by atoms with van der Waals surface area (Å²) in [6, 6.07) is 23.8. The molecule has 50 heavy (non-hydrogen) atoms. The second-order valence-electron chi connectivity index (χ2n) is 13.5. The average Bonchev–Trinajstić information content (AvgIpc) is 3.13. The summed E-state index contributed by atoms with van der Waals surface area (Å²) < 4.78 is 5.76. The minimum atomic E-state index is -0.794. The molecule has 1 saturated carbocycles. The highest BCUT2D eigenvalue weighted by molar-refractivity contribution is 5.91. The van der Waals surface area contributed by atoms with Crippen molar-refractivity contribution in [2.24, 2.45) is 11.8 Å². The second-order valence-corrected chi connectivity index (χ2v) is 13.5. The van der Waals surface area contributed by atoms with E-state index in [4.69, 9.17) is 4.74 Å². The van der Waals surface area contributed by atoms with Crippen LogP contribution in [0.4, 0.5) is 10.5 Å². The van der Waals surface area contributed by atoms with Gasteiger partial charge in [-0.25, -0.2) is 4.79 Å². The van der Waals surface area contributed by atoms with Crippen LogP contribution >= 0.6 is 0 Å². The number of fused-ring (bicyclic) bond motifs is 1. The number of likely N-dealkylation sites (tertiary alicyclic amines) is 1. The van der Waals surface area contributed by atoms with Gasteiger partial charge in [0.15, 0.2) is 0 Å². The molecule has 1 aromatic heterocycles. The van der Waals surface area contributed by atoms with Gasteiger partial charge in [-0.15, -0.1) is 0 Å². The fourth-order valence-corrected chi connectivity index (χ4v) is 7.20. The lowest BCUT2D eigenvalue weighted by Gasteiger charge is -2.32. The van der Waals surface area contributed by atoms with E-state index in [1.807, 2.05) is 54.6 Å². The number of amides is 2. The molecule has 0 radical (unpaired) electrons. The molecule has 6 rings (SSSR count). The van der Waals surface area contributed by atoms with E-state index in [1.54, 1.807) is 12.1 Å². The van der Waals surface area contributed by atoms with Crippen LogP contribution in [-0.2, 0) is 9.53 Å². The predicted molar refractivity (Wildman–Crippen MR) is 194 cm³/mol. The summed E-state index contributed by atoms with van der Waals surface area (Å²) in [5.74, 6) is 0.544. The zero-order valence-electron chi connectivity index (χ0n) is 28.3. The lowest BCUT2D eigenvalue weighted by molar-refractivity contribution is -0.126. The van der Waals surface area contributed by atoms with E-state index < -0.39 is 12.2 Å². The van der Waals surface area contributed by atoms with Gasteiger partial charge in [0.05, 0.1) is 17.3 Å². The highest BCUT2D eigenvalue weighted by Gasteiger charge is 2.27. The van der Waals surface area contributed by atoms with Gasteiger partial charge in [-0.1, -0.05) is 54.6 Å². The summed E-state index contributed by atoms with van der Waals surface area (Å²) in [4.78, 5) is 42.3. The van der Waals surface area contributed by atoms with Crippen molar-refractivity contribution in [2.75, 3.05) is 44.6 Å². The van der Waals surface area contributed by atoms with Gasteiger partial charge in [-0.3, -0.25) is 14.9 Å². The number of benzene rings is 3. The topological polar surface area (TPSA) is 156 Å². The highest BCUT2D eigenvalue weighted by atomic mass is 16.6. The Morgan fingerprint density at radius 3 is 2.42 bits per heavy atom. The Bertz CT molecular complexity index is 1800. The summed E-state index contributed by atoms with van der Waals surface area (Å²) in [5, 5.41) is 31.0. The van der Waals surface area contributed by atoms with E-state index in [9.17, 15) is 24.6 Å². The minimum Gasteiger partial charge on any atom is -0.506 e. The van der Waals surface area contributed by atoms with Crippen molar-refractivity contribution in [1.29, 1.82) is 0 Å². The zero-order valence-corrected chi connectivity index (χ0v) is 28.3. The summed E-state index contributed by atoms with van der Waals surface area (Å²) in [7, 11) is 0. The van der Waals surface area contributed by atoms with Gasteiger partial charge in [0.2, 0.25) is 11.5 Å². The SMILES string of the molecule is O=C(Nc1ccccc1-c1ccccc1)OC1CCN(CCNC(=O)C2CCC(CNCC(O)c3ccc(O)c4[nH]c(=O)ccc34)CC2)CC1. The lowest BCUT2D eigenvalue weighted by atomic mass is 9.81. The molecule has 0 bridgehead atoms. The molecule has 2 amide bonds. The monoisotopic (exact) mass is 681 g/mol. The largest absolute Gasteiger partial charge is 0.506 e. The van der Waals surface area contributed by atoms with Gasteiger partial charge >= 0.3 is 6.09 Å². The molecule has 1 atom stereocenters. The van der Waals surface area contributed by atoms with Gasteiger partial charge in [0.25, 0.3) is 0 Å². The van der Waals surface area contributed by atoms with Crippen LogP contribution in [0.2, 0.25) is 0 Å². The molecule has 2 fully saturated rings. The van der Waals surface area contributed by atoms with E-state index in [1.165, 1.54) is 12.1 Å². The summed E-state index contributed by atoms with van der Waals surface area (Å²) in [6.07, 6.45) is 3.72. The van der Waals surface area contributed by atoms with E-state index in [0.29, 0.717) is 35.5 Å². The number of nitrogens with zero attached hydrogens (tertiary/aromatic N) is 1. The normalized spacial score (nSPS) is 19.1. The number of aliphatic hydroxyl groups excluding tert-OH is 1. The number of phenolic OH excluding ortho intramolecular Hbond substituents is 1. The third-order valence-corrected chi connectivity index (χ3v) is 10.0. The van der Waals surface area contributed by atoms with E-state index in [0.717, 1.165) is 81.5 Å². The highest BCUT2D eigenvalue weighted by Crippen LogP contribution is 2.31. The maximum absolute atomic E-state index is 12.9. The Morgan fingerprint density at radius 1 is 0.900 bits per heavy atom. The van der Waals surface area contributed by atoms with Crippen LogP contribution in [0.25, 0.3) is 22.0 Å². The van der Waals surface area contributed by atoms with Crippen LogP contribution in [-0.4, -0.2) is 77.5 Å². The molecule has 2 aliphatic rings. The summed E-state index contributed by atoms with van der Waals surface area (Å²) in [6.45, 7) is 4.08. The van der Waals surface area contributed by atoms with Crippen molar-refractivity contribution in [3.63, 3.8) is 0 Å². The number of carbonyl (C=O) groups excluding carboxylic acids is 2. The number of hydrogen-bond donors (Lipinski definition) is 6. The first kappa shape index (κ1) is 35.1.